The standard InChI is InChI=1S/C34H34F3N7O3S2/c1-5-6-24-10-7-21(2)17-28(24)44-30(46)19-49-33(44)40-32(48)39-29(42(4)22(3)45)18-23-8-11-25(12-9-23)31-38-20-43(41-31)26-13-15-27(16-14-26)47-34(35,36)37/h7-17,20,29H,5-6,18-19H2,1-4H3,(H,39,48)/b40-33-. The van der Waals surface area contributed by atoms with Gasteiger partial charge in [-0.3, -0.25) is 14.5 Å². The summed E-state index contributed by atoms with van der Waals surface area (Å²) in [6, 6.07) is 18.8. The normalized spacial score (nSPS) is 14.6. The lowest BCUT2D eigenvalue weighted by molar-refractivity contribution is -0.274. The van der Waals surface area contributed by atoms with Gasteiger partial charge in [0.05, 0.1) is 17.1 Å². The van der Waals surface area contributed by atoms with Crippen LogP contribution in [0.15, 0.2) is 78.0 Å². The van der Waals surface area contributed by atoms with Gasteiger partial charge in [-0.1, -0.05) is 61.5 Å². The molecule has 1 saturated heterocycles. The number of amides is 2. The van der Waals surface area contributed by atoms with Gasteiger partial charge in [0.1, 0.15) is 18.2 Å². The summed E-state index contributed by atoms with van der Waals surface area (Å²) in [5, 5.41) is 8.28. The van der Waals surface area contributed by atoms with Gasteiger partial charge in [0.2, 0.25) is 11.8 Å². The summed E-state index contributed by atoms with van der Waals surface area (Å²) in [6.07, 6.45) is -1.70. The Bertz CT molecular complexity index is 1860. The fourth-order valence-corrected chi connectivity index (χ4v) is 6.29. The van der Waals surface area contributed by atoms with Crippen LogP contribution >= 0.6 is 24.0 Å². The number of thiocarbonyl (C=S) groups is 1. The van der Waals surface area contributed by atoms with Gasteiger partial charge in [-0.15, -0.1) is 18.3 Å². The van der Waals surface area contributed by atoms with E-state index in [1.807, 2.05) is 49.4 Å². The Labute approximate surface area is 291 Å². The third-order valence-electron chi connectivity index (χ3n) is 7.69. The first-order valence-electron chi connectivity index (χ1n) is 15.4. The molecule has 15 heteroatoms. The topological polar surface area (TPSA) is 105 Å². The lowest BCUT2D eigenvalue weighted by Gasteiger charge is -2.29. The molecule has 1 aliphatic rings. The van der Waals surface area contributed by atoms with E-state index in [0.717, 1.165) is 35.2 Å². The number of alkyl halides is 3. The van der Waals surface area contributed by atoms with Crippen LogP contribution in [0.2, 0.25) is 0 Å². The van der Waals surface area contributed by atoms with Crippen LogP contribution in [0.1, 0.15) is 37.0 Å². The molecule has 2 amide bonds. The second-order valence-corrected chi connectivity index (χ2v) is 12.7. The molecule has 1 N–H and O–H groups in total. The Morgan fingerprint density at radius 2 is 1.86 bits per heavy atom. The number of rotatable bonds is 10. The van der Waals surface area contributed by atoms with E-state index in [1.165, 1.54) is 54.0 Å². The molecule has 1 aromatic heterocycles. The van der Waals surface area contributed by atoms with Gasteiger partial charge in [0.15, 0.2) is 16.1 Å². The molecule has 10 nitrogen and oxygen atoms in total. The SMILES string of the molecule is CCCc1ccc(C)cc1N1C(=O)CS/C1=N\C(=S)NC(Cc1ccc(-c2ncn(-c3ccc(OC(F)(F)F)cc3)n2)cc1)N(C)C(C)=O. The van der Waals surface area contributed by atoms with Crippen molar-refractivity contribution in [3.63, 3.8) is 0 Å². The number of carbonyl (C=O) groups is 2. The van der Waals surface area contributed by atoms with E-state index in [9.17, 15) is 22.8 Å². The molecule has 3 aromatic carbocycles. The molecule has 0 bridgehead atoms. The summed E-state index contributed by atoms with van der Waals surface area (Å²) in [4.78, 5) is 37.6. The Morgan fingerprint density at radius 1 is 1.14 bits per heavy atom. The number of likely N-dealkylation sites (N-methyl/N-ethyl adjacent to an activating group) is 1. The molecule has 49 heavy (non-hydrogen) atoms. The molecule has 1 aliphatic heterocycles. The molecule has 1 fully saturated rings. The van der Waals surface area contributed by atoms with Crippen molar-refractivity contribution in [1.82, 2.24) is 25.0 Å². The molecule has 256 valence electrons. The largest absolute Gasteiger partial charge is 0.573 e. The van der Waals surface area contributed by atoms with Gasteiger partial charge in [-0.25, -0.2) is 9.67 Å². The molecule has 0 radical (unpaired) electrons. The van der Waals surface area contributed by atoms with Gasteiger partial charge in [0.25, 0.3) is 0 Å². The van der Waals surface area contributed by atoms with Gasteiger partial charge in [-0.2, -0.15) is 4.99 Å². The number of hydrogen-bond acceptors (Lipinski definition) is 7. The predicted molar refractivity (Wildman–Crippen MR) is 188 cm³/mol. The van der Waals surface area contributed by atoms with Gasteiger partial charge >= 0.3 is 6.36 Å². The summed E-state index contributed by atoms with van der Waals surface area (Å²) in [5.74, 6) is 0.0911. The lowest BCUT2D eigenvalue weighted by atomic mass is 10.0. The third-order valence-corrected chi connectivity index (χ3v) is 8.82. The third kappa shape index (κ3) is 9.03. The first-order chi connectivity index (χ1) is 23.3. The zero-order chi connectivity index (χ0) is 35.3. The number of aryl methyl sites for hydroxylation is 2. The maximum Gasteiger partial charge on any atom is 0.573 e. The van der Waals surface area contributed by atoms with Crippen molar-refractivity contribution < 1.29 is 27.5 Å². The van der Waals surface area contributed by atoms with Gasteiger partial charge < -0.3 is 15.0 Å². The Morgan fingerprint density at radius 3 is 2.51 bits per heavy atom. The molecule has 0 aliphatic carbocycles. The van der Waals surface area contributed by atoms with Crippen LogP contribution in [0.3, 0.4) is 0 Å². The highest BCUT2D eigenvalue weighted by Gasteiger charge is 2.32. The minimum atomic E-state index is -4.77. The summed E-state index contributed by atoms with van der Waals surface area (Å²) < 4.78 is 42.8. The molecule has 0 saturated carbocycles. The van der Waals surface area contributed by atoms with Gasteiger partial charge in [-0.05, 0) is 72.6 Å². The number of amidine groups is 1. The Balaban J connectivity index is 1.29. The van der Waals surface area contributed by atoms with Crippen molar-refractivity contribution in [3.05, 3.63) is 89.7 Å². The number of thioether (sulfide) groups is 1. The minimum Gasteiger partial charge on any atom is -0.406 e. The summed E-state index contributed by atoms with van der Waals surface area (Å²) >= 11 is 6.95. The number of halogens is 3. The van der Waals surface area contributed by atoms with Crippen LogP contribution in [0, 0.1) is 6.92 Å². The predicted octanol–water partition coefficient (Wildman–Crippen LogP) is 6.45. The van der Waals surface area contributed by atoms with Crippen molar-refractivity contribution in [1.29, 1.82) is 0 Å². The molecular weight excluding hydrogens is 676 g/mol. The van der Waals surface area contributed by atoms with Crippen LogP contribution in [0.5, 0.6) is 5.75 Å². The van der Waals surface area contributed by atoms with Crippen LogP contribution in [-0.2, 0) is 22.4 Å². The van der Waals surface area contributed by atoms with Crippen molar-refractivity contribution in [3.8, 4) is 22.8 Å². The van der Waals surface area contributed by atoms with E-state index < -0.39 is 12.5 Å². The number of nitrogens with zero attached hydrogens (tertiary/aromatic N) is 6. The number of carbonyl (C=O) groups excluding carboxylic acids is 2. The van der Waals surface area contributed by atoms with Crippen molar-refractivity contribution in [2.24, 2.45) is 4.99 Å². The van der Waals surface area contributed by atoms with E-state index in [0.29, 0.717) is 28.7 Å². The highest BCUT2D eigenvalue weighted by Crippen LogP contribution is 2.31. The molecule has 4 aromatic rings. The molecule has 1 unspecified atom stereocenters. The smallest absolute Gasteiger partial charge is 0.406 e. The maximum absolute atomic E-state index is 13.0. The van der Waals surface area contributed by atoms with E-state index >= 15 is 0 Å². The van der Waals surface area contributed by atoms with Crippen LogP contribution in [0.4, 0.5) is 18.9 Å². The van der Waals surface area contributed by atoms with E-state index in [-0.39, 0.29) is 28.4 Å². The number of anilines is 1. The van der Waals surface area contributed by atoms with Crippen molar-refractivity contribution in [2.45, 2.75) is 52.6 Å². The van der Waals surface area contributed by atoms with E-state index in [2.05, 4.69) is 32.1 Å². The number of nitrogens with one attached hydrogen (secondary N) is 1. The number of benzene rings is 3. The Hall–Kier alpha value is -4.76. The quantitative estimate of drug-likeness (QED) is 0.148. The summed E-state index contributed by atoms with van der Waals surface area (Å²) in [7, 11) is 1.67. The monoisotopic (exact) mass is 709 g/mol. The second kappa shape index (κ2) is 15.2. The molecule has 1 atom stereocenters. The van der Waals surface area contributed by atoms with Crippen molar-refractivity contribution in [2.75, 3.05) is 17.7 Å². The molecule has 5 rings (SSSR count). The maximum atomic E-state index is 13.0. The van der Waals surface area contributed by atoms with Crippen LogP contribution < -0.4 is 15.0 Å². The highest BCUT2D eigenvalue weighted by molar-refractivity contribution is 8.15. The van der Waals surface area contributed by atoms with Crippen molar-refractivity contribution >= 4 is 51.8 Å². The molecule has 2 heterocycles. The average Bonchev–Trinajstić information content (AvgIpc) is 3.68. The highest BCUT2D eigenvalue weighted by atomic mass is 32.2. The number of aromatic nitrogens is 3. The van der Waals surface area contributed by atoms with Gasteiger partial charge in [0, 0.05) is 26.0 Å². The first kappa shape index (κ1) is 35.5. The molecule has 0 spiro atoms. The lowest BCUT2D eigenvalue weighted by Crippen LogP contribution is -2.49. The number of aliphatic imine (C=N–C) groups is 1. The first-order valence-corrected chi connectivity index (χ1v) is 16.8. The fraction of sp³-hybridized carbons (Fsp3) is 0.294. The summed E-state index contributed by atoms with van der Waals surface area (Å²) in [5.41, 5.74) is 5.01. The van der Waals surface area contributed by atoms with E-state index in [4.69, 9.17) is 12.2 Å². The number of hydrogen-bond donors (Lipinski definition) is 1. The van der Waals surface area contributed by atoms with Crippen LogP contribution in [0.25, 0.3) is 17.1 Å². The zero-order valence-corrected chi connectivity index (χ0v) is 28.8. The fourth-order valence-electron chi connectivity index (χ4n) is 5.14. The van der Waals surface area contributed by atoms with Crippen LogP contribution in [-0.4, -0.2) is 67.1 Å². The zero-order valence-electron chi connectivity index (χ0n) is 27.2. The second-order valence-electron chi connectivity index (χ2n) is 11.3. The number of ether oxygens (including phenoxy) is 1. The molecular formula is C34H34F3N7O3S2. The average molecular weight is 710 g/mol. The Kier molecular flexibility index (Phi) is 11.0. The minimum absolute atomic E-state index is 0.0697. The summed E-state index contributed by atoms with van der Waals surface area (Å²) in [6.45, 7) is 5.54. The van der Waals surface area contributed by atoms with E-state index in [1.54, 1.807) is 16.8 Å².